The number of nitrogens with zero attached hydrogens (tertiary/aromatic N) is 2. The number of pyridine rings is 1. The molecule has 4 rings (SSSR count). The van der Waals surface area contributed by atoms with Crippen molar-refractivity contribution in [2.45, 2.75) is 20.8 Å². The van der Waals surface area contributed by atoms with E-state index in [2.05, 4.69) is 15.3 Å². The third-order valence-corrected chi connectivity index (χ3v) is 4.85. The van der Waals surface area contributed by atoms with Crippen LogP contribution in [-0.2, 0) is 0 Å². The molecule has 0 saturated heterocycles. The average Bonchev–Trinajstić information content (AvgIpc) is 2.72. The Morgan fingerprint density at radius 2 is 1.83 bits per heavy atom. The largest absolute Gasteiger partial charge is 0.438 e. The lowest BCUT2D eigenvalue weighted by atomic mass is 10.1. The van der Waals surface area contributed by atoms with Crippen LogP contribution in [-0.4, -0.2) is 10.9 Å². The second-order valence-corrected chi connectivity index (χ2v) is 7.01. The van der Waals surface area contributed by atoms with Crippen LogP contribution in [0.2, 0.25) is 0 Å². The summed E-state index contributed by atoms with van der Waals surface area (Å²) in [6.07, 6.45) is 1.71. The maximum atomic E-state index is 13.0. The molecule has 0 spiro atoms. The number of hydrogen-bond acceptors (Lipinski definition) is 4. The Bertz CT molecular complexity index is 1270. The maximum Gasteiger partial charge on any atom is 0.262 e. The van der Waals surface area contributed by atoms with Gasteiger partial charge in [-0.15, -0.1) is 0 Å². The molecule has 2 heterocycles. The van der Waals surface area contributed by atoms with Gasteiger partial charge in [0.05, 0.1) is 5.69 Å². The van der Waals surface area contributed by atoms with Crippen molar-refractivity contribution in [2.24, 2.45) is 4.99 Å². The molecule has 0 radical (unpaired) electrons. The number of amides is 1. The van der Waals surface area contributed by atoms with Gasteiger partial charge in [-0.3, -0.25) is 4.79 Å². The normalized spacial score (nSPS) is 11.6. The number of carbonyl (C=O) groups excluding carboxylic acids is 1. The number of aromatic nitrogens is 1. The van der Waals surface area contributed by atoms with E-state index in [0.29, 0.717) is 17.0 Å². The fourth-order valence-corrected chi connectivity index (χ4v) is 3.01. The van der Waals surface area contributed by atoms with E-state index in [1.807, 2.05) is 69.3 Å². The summed E-state index contributed by atoms with van der Waals surface area (Å²) in [5.74, 6) is 0.159. The predicted octanol–water partition coefficient (Wildman–Crippen LogP) is 5.24. The molecule has 0 bridgehead atoms. The smallest absolute Gasteiger partial charge is 0.262 e. The monoisotopic (exact) mass is 383 g/mol. The van der Waals surface area contributed by atoms with Gasteiger partial charge in [0.1, 0.15) is 17.0 Å². The Balaban J connectivity index is 1.86. The third kappa shape index (κ3) is 3.94. The van der Waals surface area contributed by atoms with Crippen LogP contribution in [0.3, 0.4) is 0 Å². The zero-order valence-electron chi connectivity index (χ0n) is 16.6. The predicted molar refractivity (Wildman–Crippen MR) is 114 cm³/mol. The summed E-state index contributed by atoms with van der Waals surface area (Å²) in [5, 5.41) is 3.66. The van der Waals surface area contributed by atoms with Gasteiger partial charge in [0.25, 0.3) is 5.91 Å². The quantitative estimate of drug-likeness (QED) is 0.526. The van der Waals surface area contributed by atoms with Gasteiger partial charge in [-0.1, -0.05) is 36.4 Å². The van der Waals surface area contributed by atoms with Gasteiger partial charge in [-0.25, -0.2) is 9.98 Å². The Kier molecular flexibility index (Phi) is 4.96. The summed E-state index contributed by atoms with van der Waals surface area (Å²) in [4.78, 5) is 22.0. The van der Waals surface area contributed by atoms with E-state index in [-0.39, 0.29) is 11.5 Å². The molecule has 29 heavy (non-hydrogen) atoms. The topological polar surface area (TPSA) is 67.5 Å². The van der Waals surface area contributed by atoms with Gasteiger partial charge in [0, 0.05) is 11.6 Å². The van der Waals surface area contributed by atoms with Crippen molar-refractivity contribution in [3.8, 4) is 0 Å². The molecule has 5 nitrogen and oxygen atoms in total. The van der Waals surface area contributed by atoms with Crippen LogP contribution >= 0.6 is 0 Å². The zero-order valence-corrected chi connectivity index (χ0v) is 16.6. The fourth-order valence-electron chi connectivity index (χ4n) is 3.01. The zero-order chi connectivity index (χ0) is 20.4. The Hall–Kier alpha value is -3.73. The molecular formula is C24H21N3O2. The lowest BCUT2D eigenvalue weighted by Crippen LogP contribution is -2.22. The van der Waals surface area contributed by atoms with Crippen LogP contribution in [0.15, 0.2) is 76.3 Å². The summed E-state index contributed by atoms with van der Waals surface area (Å²) in [5.41, 5.74) is 5.25. The highest BCUT2D eigenvalue weighted by molar-refractivity contribution is 6.04. The highest BCUT2D eigenvalue weighted by atomic mass is 16.3. The van der Waals surface area contributed by atoms with E-state index in [1.165, 1.54) is 0 Å². The third-order valence-electron chi connectivity index (χ3n) is 4.85. The summed E-state index contributed by atoms with van der Waals surface area (Å²) in [6.45, 7) is 5.98. The van der Waals surface area contributed by atoms with Crippen molar-refractivity contribution in [3.63, 3.8) is 0 Å². The number of anilines is 1. The number of aryl methyl sites for hydroxylation is 2. The van der Waals surface area contributed by atoms with E-state index < -0.39 is 0 Å². The number of nitrogens with one attached hydrogen (secondary N) is 1. The Morgan fingerprint density at radius 3 is 2.62 bits per heavy atom. The minimum atomic E-state index is -0.320. The number of carbonyl (C=O) groups is 1. The average molecular weight is 383 g/mol. The first-order valence-corrected chi connectivity index (χ1v) is 9.39. The van der Waals surface area contributed by atoms with Crippen molar-refractivity contribution >= 4 is 28.4 Å². The van der Waals surface area contributed by atoms with Gasteiger partial charge < -0.3 is 9.73 Å². The number of fused-ring (bicyclic) bond motifs is 1. The maximum absolute atomic E-state index is 13.0. The molecule has 0 fully saturated rings. The molecule has 1 N–H and O–H groups in total. The van der Waals surface area contributed by atoms with Crippen LogP contribution in [0.4, 0.5) is 11.5 Å². The van der Waals surface area contributed by atoms with Crippen LogP contribution in [0.25, 0.3) is 11.0 Å². The lowest BCUT2D eigenvalue weighted by Gasteiger charge is -2.08. The second kappa shape index (κ2) is 7.72. The van der Waals surface area contributed by atoms with Crippen molar-refractivity contribution in [2.75, 3.05) is 5.32 Å². The molecule has 0 aliphatic carbocycles. The fraction of sp³-hybridized carbons (Fsp3) is 0.125. The number of benzene rings is 2. The van der Waals surface area contributed by atoms with Crippen molar-refractivity contribution in [1.29, 1.82) is 0 Å². The molecular weight excluding hydrogens is 362 g/mol. The van der Waals surface area contributed by atoms with Crippen molar-refractivity contribution in [3.05, 3.63) is 94.7 Å². The van der Waals surface area contributed by atoms with E-state index in [4.69, 9.17) is 4.42 Å². The summed E-state index contributed by atoms with van der Waals surface area (Å²) in [7, 11) is 0. The van der Waals surface area contributed by atoms with Gasteiger partial charge >= 0.3 is 0 Å². The van der Waals surface area contributed by atoms with E-state index >= 15 is 0 Å². The molecule has 5 heteroatoms. The minimum Gasteiger partial charge on any atom is -0.438 e. The molecule has 4 aromatic rings. The standard InChI is InChI=1S/C24H21N3O2/c1-15-11-12-22(25-14-15)27-23(28)19-13-18-8-4-5-10-21(18)29-24(19)26-20-9-6-7-16(2)17(20)3/h4-14H,1-3H3,(H,25,27,28). The minimum absolute atomic E-state index is 0.266. The van der Waals surface area contributed by atoms with E-state index in [0.717, 1.165) is 27.8 Å². The molecule has 0 saturated carbocycles. The molecule has 144 valence electrons. The van der Waals surface area contributed by atoms with Gasteiger partial charge in [0.15, 0.2) is 0 Å². The van der Waals surface area contributed by atoms with Crippen LogP contribution in [0.1, 0.15) is 27.0 Å². The van der Waals surface area contributed by atoms with Crippen LogP contribution in [0.5, 0.6) is 0 Å². The first kappa shape index (κ1) is 18.6. The first-order valence-electron chi connectivity index (χ1n) is 9.39. The first-order chi connectivity index (χ1) is 14.0. The van der Waals surface area contributed by atoms with Crippen LogP contribution < -0.4 is 10.9 Å². The molecule has 0 aliphatic rings. The number of rotatable bonds is 3. The van der Waals surface area contributed by atoms with E-state index in [9.17, 15) is 4.79 Å². The Morgan fingerprint density at radius 1 is 1.00 bits per heavy atom. The lowest BCUT2D eigenvalue weighted by molar-refractivity contribution is 0.102. The Labute approximate surface area is 168 Å². The van der Waals surface area contributed by atoms with E-state index in [1.54, 1.807) is 18.3 Å². The summed E-state index contributed by atoms with van der Waals surface area (Å²) in [6, 6.07) is 18.9. The number of hydrogen-bond donors (Lipinski definition) is 1. The van der Waals surface area contributed by atoms with Gasteiger partial charge in [0.2, 0.25) is 5.55 Å². The van der Waals surface area contributed by atoms with Gasteiger partial charge in [-0.05, 0) is 61.7 Å². The summed E-state index contributed by atoms with van der Waals surface area (Å²) < 4.78 is 6.02. The highest BCUT2D eigenvalue weighted by Gasteiger charge is 2.14. The molecule has 2 aromatic carbocycles. The van der Waals surface area contributed by atoms with Crippen molar-refractivity contribution in [1.82, 2.24) is 4.98 Å². The van der Waals surface area contributed by atoms with Crippen molar-refractivity contribution < 1.29 is 9.21 Å². The molecule has 1 amide bonds. The highest BCUT2D eigenvalue weighted by Crippen LogP contribution is 2.21. The molecule has 2 aromatic heterocycles. The summed E-state index contributed by atoms with van der Waals surface area (Å²) >= 11 is 0. The SMILES string of the molecule is Cc1ccc(NC(=O)c2cc3ccccc3oc2=Nc2cccc(C)c2C)nc1. The van der Waals surface area contributed by atoms with Crippen LogP contribution in [0, 0.1) is 20.8 Å². The molecule has 0 aliphatic heterocycles. The second-order valence-electron chi connectivity index (χ2n) is 7.01. The van der Waals surface area contributed by atoms with Gasteiger partial charge in [-0.2, -0.15) is 0 Å². The molecule has 0 atom stereocenters. The number of para-hydroxylation sites is 1. The molecule has 0 unspecified atom stereocenters.